The molecule has 96 valence electrons. The van der Waals surface area contributed by atoms with Crippen molar-refractivity contribution in [2.24, 2.45) is 5.73 Å². The van der Waals surface area contributed by atoms with Crippen LogP contribution < -0.4 is 10.5 Å². The molecule has 0 fully saturated rings. The fourth-order valence-corrected chi connectivity index (χ4v) is 2.21. The molecule has 0 bridgehead atoms. The van der Waals surface area contributed by atoms with E-state index < -0.39 is 0 Å². The summed E-state index contributed by atoms with van der Waals surface area (Å²) in [6.07, 6.45) is 0. The van der Waals surface area contributed by atoms with E-state index in [0.717, 1.165) is 35.4 Å². The highest BCUT2D eigenvalue weighted by Crippen LogP contribution is 2.26. The predicted octanol–water partition coefficient (Wildman–Crippen LogP) is 2.63. The molecule has 0 unspecified atom stereocenters. The Morgan fingerprint density at radius 1 is 1.29 bits per heavy atom. The number of benzene rings is 1. The summed E-state index contributed by atoms with van der Waals surface area (Å²) in [5, 5.41) is 0. The van der Waals surface area contributed by atoms with Gasteiger partial charge in [-0.15, -0.1) is 0 Å². The van der Waals surface area contributed by atoms with Gasteiger partial charge in [-0.1, -0.05) is 35.8 Å². The van der Waals surface area contributed by atoms with Gasteiger partial charge >= 0.3 is 0 Å². The highest BCUT2D eigenvalue weighted by atomic mass is 79.9. The normalized spacial score (nSPS) is 10.9. The number of hydrogen-bond donors (Lipinski definition) is 1. The first-order valence-electron chi connectivity index (χ1n) is 6.05. The summed E-state index contributed by atoms with van der Waals surface area (Å²) in [5.41, 5.74) is 6.75. The predicted molar refractivity (Wildman–Crippen MR) is 75.3 cm³/mol. The summed E-state index contributed by atoms with van der Waals surface area (Å²) in [6.45, 7) is 8.57. The van der Waals surface area contributed by atoms with Crippen molar-refractivity contribution in [3.8, 4) is 5.75 Å². The summed E-state index contributed by atoms with van der Waals surface area (Å²) in [7, 11) is 0. The van der Waals surface area contributed by atoms with Crippen LogP contribution in [0.15, 0.2) is 22.7 Å². The lowest BCUT2D eigenvalue weighted by Gasteiger charge is -2.19. The van der Waals surface area contributed by atoms with Crippen LogP contribution in [0.5, 0.6) is 5.75 Å². The summed E-state index contributed by atoms with van der Waals surface area (Å²) < 4.78 is 6.81. The Hall–Kier alpha value is -0.580. The SMILES string of the molecule is CCN(CC)CCOc1cccc(Br)c1CN. The maximum Gasteiger partial charge on any atom is 0.124 e. The fraction of sp³-hybridized carbons (Fsp3) is 0.538. The molecule has 0 saturated heterocycles. The molecule has 0 amide bonds. The van der Waals surface area contributed by atoms with Crippen LogP contribution in [0.3, 0.4) is 0 Å². The second kappa shape index (κ2) is 7.69. The lowest BCUT2D eigenvalue weighted by molar-refractivity contribution is 0.221. The third kappa shape index (κ3) is 4.30. The van der Waals surface area contributed by atoms with Gasteiger partial charge < -0.3 is 15.4 Å². The van der Waals surface area contributed by atoms with Crippen LogP contribution in [0.4, 0.5) is 0 Å². The molecule has 2 N–H and O–H groups in total. The van der Waals surface area contributed by atoms with Gasteiger partial charge in [-0.25, -0.2) is 0 Å². The number of rotatable bonds is 7. The number of likely N-dealkylation sites (N-methyl/N-ethyl adjacent to an activating group) is 1. The maximum atomic E-state index is 5.79. The van der Waals surface area contributed by atoms with Crippen molar-refractivity contribution in [1.29, 1.82) is 0 Å². The number of hydrogen-bond acceptors (Lipinski definition) is 3. The highest BCUT2D eigenvalue weighted by molar-refractivity contribution is 9.10. The molecule has 4 heteroatoms. The van der Waals surface area contributed by atoms with Crippen LogP contribution >= 0.6 is 15.9 Å². The first-order valence-corrected chi connectivity index (χ1v) is 6.84. The molecule has 3 nitrogen and oxygen atoms in total. The fourth-order valence-electron chi connectivity index (χ4n) is 1.70. The first kappa shape index (κ1) is 14.5. The van der Waals surface area contributed by atoms with E-state index in [1.165, 1.54) is 0 Å². The van der Waals surface area contributed by atoms with Crippen molar-refractivity contribution in [3.05, 3.63) is 28.2 Å². The van der Waals surface area contributed by atoms with Gasteiger partial charge in [-0.05, 0) is 25.2 Å². The Bertz CT molecular complexity index is 340. The zero-order chi connectivity index (χ0) is 12.7. The zero-order valence-electron chi connectivity index (χ0n) is 10.6. The van der Waals surface area contributed by atoms with Gasteiger partial charge in [-0.2, -0.15) is 0 Å². The van der Waals surface area contributed by atoms with E-state index in [1.54, 1.807) is 0 Å². The second-order valence-corrected chi connectivity index (χ2v) is 4.65. The van der Waals surface area contributed by atoms with Gasteiger partial charge in [0, 0.05) is 23.1 Å². The zero-order valence-corrected chi connectivity index (χ0v) is 12.2. The average molecular weight is 301 g/mol. The Morgan fingerprint density at radius 2 is 2.00 bits per heavy atom. The molecule has 0 heterocycles. The summed E-state index contributed by atoms with van der Waals surface area (Å²) >= 11 is 3.49. The largest absolute Gasteiger partial charge is 0.492 e. The van der Waals surface area contributed by atoms with Gasteiger partial charge in [0.2, 0.25) is 0 Å². The van der Waals surface area contributed by atoms with Crippen LogP contribution in [0.2, 0.25) is 0 Å². The van der Waals surface area contributed by atoms with Gasteiger partial charge in [-0.3, -0.25) is 0 Å². The van der Waals surface area contributed by atoms with Crippen LogP contribution in [-0.4, -0.2) is 31.1 Å². The van der Waals surface area contributed by atoms with E-state index in [-0.39, 0.29) is 0 Å². The van der Waals surface area contributed by atoms with Crippen molar-refractivity contribution in [3.63, 3.8) is 0 Å². The Labute approximate surface area is 112 Å². The van der Waals surface area contributed by atoms with E-state index in [1.807, 2.05) is 18.2 Å². The minimum atomic E-state index is 0.488. The monoisotopic (exact) mass is 300 g/mol. The molecule has 1 rings (SSSR count). The Kier molecular flexibility index (Phi) is 6.55. The molecule has 1 aromatic rings. The van der Waals surface area contributed by atoms with Gasteiger partial charge in [0.15, 0.2) is 0 Å². The third-order valence-corrected chi connectivity index (χ3v) is 3.58. The summed E-state index contributed by atoms with van der Waals surface area (Å²) in [5.74, 6) is 0.883. The lowest BCUT2D eigenvalue weighted by atomic mass is 10.2. The molecular formula is C13H21BrN2O. The van der Waals surface area contributed by atoms with Gasteiger partial charge in [0.1, 0.15) is 12.4 Å². The quantitative estimate of drug-likeness (QED) is 0.841. The minimum Gasteiger partial charge on any atom is -0.492 e. The van der Waals surface area contributed by atoms with Crippen molar-refractivity contribution < 1.29 is 4.74 Å². The van der Waals surface area contributed by atoms with Crippen molar-refractivity contribution in [2.75, 3.05) is 26.2 Å². The molecule has 1 aromatic carbocycles. The third-order valence-electron chi connectivity index (χ3n) is 2.84. The van der Waals surface area contributed by atoms with Crippen molar-refractivity contribution >= 4 is 15.9 Å². The Morgan fingerprint density at radius 3 is 2.59 bits per heavy atom. The van der Waals surface area contributed by atoms with E-state index in [4.69, 9.17) is 10.5 Å². The molecular weight excluding hydrogens is 280 g/mol. The number of nitrogens with zero attached hydrogens (tertiary/aromatic N) is 1. The van der Waals surface area contributed by atoms with Crippen molar-refractivity contribution in [2.45, 2.75) is 20.4 Å². The molecule has 0 atom stereocenters. The minimum absolute atomic E-state index is 0.488. The van der Waals surface area contributed by atoms with E-state index >= 15 is 0 Å². The highest BCUT2D eigenvalue weighted by Gasteiger charge is 2.06. The van der Waals surface area contributed by atoms with E-state index in [2.05, 4.69) is 34.7 Å². The topological polar surface area (TPSA) is 38.5 Å². The molecule has 0 saturated carbocycles. The molecule has 0 radical (unpaired) electrons. The summed E-state index contributed by atoms with van der Waals surface area (Å²) in [6, 6.07) is 5.92. The van der Waals surface area contributed by atoms with Crippen molar-refractivity contribution in [1.82, 2.24) is 4.90 Å². The Balaban J connectivity index is 2.54. The van der Waals surface area contributed by atoms with Crippen LogP contribution in [0, 0.1) is 0 Å². The molecule has 0 spiro atoms. The number of ether oxygens (including phenoxy) is 1. The second-order valence-electron chi connectivity index (χ2n) is 3.80. The molecule has 0 aliphatic rings. The van der Waals surface area contributed by atoms with Crippen LogP contribution in [0.1, 0.15) is 19.4 Å². The molecule has 0 aromatic heterocycles. The van der Waals surface area contributed by atoms with Gasteiger partial charge in [0.05, 0.1) is 0 Å². The molecule has 17 heavy (non-hydrogen) atoms. The summed E-state index contributed by atoms with van der Waals surface area (Å²) in [4.78, 5) is 2.33. The number of nitrogens with two attached hydrogens (primary N) is 1. The smallest absolute Gasteiger partial charge is 0.124 e. The standard InChI is InChI=1S/C13H21BrN2O/c1-3-16(4-2)8-9-17-13-7-5-6-12(14)11(13)10-15/h5-7H,3-4,8-10,15H2,1-2H3. The average Bonchev–Trinajstić information content (AvgIpc) is 2.35. The van der Waals surface area contributed by atoms with E-state index in [0.29, 0.717) is 13.2 Å². The molecule has 0 aliphatic carbocycles. The van der Waals surface area contributed by atoms with Crippen LogP contribution in [-0.2, 0) is 6.54 Å². The number of halogens is 1. The van der Waals surface area contributed by atoms with E-state index in [9.17, 15) is 0 Å². The maximum absolute atomic E-state index is 5.79. The lowest BCUT2D eigenvalue weighted by Crippen LogP contribution is -2.28. The van der Waals surface area contributed by atoms with Gasteiger partial charge in [0.25, 0.3) is 0 Å². The molecule has 0 aliphatic heterocycles. The van der Waals surface area contributed by atoms with Crippen LogP contribution in [0.25, 0.3) is 0 Å². The first-order chi connectivity index (χ1) is 8.22.